The van der Waals surface area contributed by atoms with Crippen molar-refractivity contribution in [1.29, 1.82) is 0 Å². The largest absolute Gasteiger partial charge is 0.434 e. The van der Waals surface area contributed by atoms with E-state index < -0.39 is 23.6 Å². The van der Waals surface area contributed by atoms with Gasteiger partial charge in [-0.2, -0.15) is 31.4 Å². The van der Waals surface area contributed by atoms with Crippen LogP contribution in [0.25, 0.3) is 33.8 Å². The Morgan fingerprint density at radius 1 is 0.872 bits per heavy atom. The van der Waals surface area contributed by atoms with Gasteiger partial charge in [0, 0.05) is 36.8 Å². The van der Waals surface area contributed by atoms with E-state index in [1.807, 2.05) is 0 Å². The van der Waals surface area contributed by atoms with Crippen LogP contribution >= 0.6 is 0 Å². The van der Waals surface area contributed by atoms with Crippen molar-refractivity contribution in [3.63, 3.8) is 0 Å². The van der Waals surface area contributed by atoms with Crippen LogP contribution in [0, 0.1) is 0 Å². The van der Waals surface area contributed by atoms with Crippen molar-refractivity contribution in [2.45, 2.75) is 38.2 Å². The number of hydrogen-bond donors (Lipinski definition) is 0. The van der Waals surface area contributed by atoms with Crippen molar-refractivity contribution < 1.29 is 26.3 Å². The molecule has 0 radical (unpaired) electrons. The monoisotopic (exact) mass is 543 g/mol. The molecule has 13 heteroatoms. The molecule has 0 saturated carbocycles. The topological polar surface area (TPSA) is 74.3 Å². The average molecular weight is 543 g/mol. The van der Waals surface area contributed by atoms with Crippen molar-refractivity contribution in [2.24, 2.45) is 7.05 Å². The van der Waals surface area contributed by atoms with E-state index in [0.29, 0.717) is 29.7 Å². The van der Waals surface area contributed by atoms with Crippen molar-refractivity contribution in [2.75, 3.05) is 0 Å². The van der Waals surface area contributed by atoms with Crippen molar-refractivity contribution >= 4 is 11.0 Å². The highest BCUT2D eigenvalue weighted by atomic mass is 19.4. The minimum Gasteiger partial charge on any atom is -0.333 e. The van der Waals surface area contributed by atoms with Crippen LogP contribution in [0.4, 0.5) is 26.3 Å². The van der Waals surface area contributed by atoms with Gasteiger partial charge in [-0.15, -0.1) is 0 Å². The highest BCUT2D eigenvalue weighted by molar-refractivity contribution is 5.84. The van der Waals surface area contributed by atoms with Gasteiger partial charge in [0.2, 0.25) is 0 Å². The van der Waals surface area contributed by atoms with Gasteiger partial charge in [-0.1, -0.05) is 24.3 Å². The van der Waals surface area contributed by atoms with Gasteiger partial charge in [0.25, 0.3) is 0 Å². The number of nitrogens with zero attached hydrogens (tertiary/aromatic N) is 7. The lowest BCUT2D eigenvalue weighted by molar-refractivity contribution is -0.141. The number of imidazole rings is 1. The average Bonchev–Trinajstić information content (AvgIpc) is 3.46. The fourth-order valence-electron chi connectivity index (χ4n) is 4.85. The molecule has 5 aromatic rings. The zero-order valence-electron chi connectivity index (χ0n) is 20.3. The summed E-state index contributed by atoms with van der Waals surface area (Å²) in [6, 6.07) is 7.73. The van der Waals surface area contributed by atoms with E-state index in [2.05, 4.69) is 25.0 Å². The Morgan fingerprint density at radius 3 is 2.31 bits per heavy atom. The Hall–Kier alpha value is -4.29. The normalized spacial score (nSPS) is 13.8. The molecule has 6 rings (SSSR count). The second-order valence-electron chi connectivity index (χ2n) is 9.32. The molecule has 4 aromatic heterocycles. The predicted molar refractivity (Wildman–Crippen MR) is 128 cm³/mol. The third kappa shape index (κ3) is 4.51. The van der Waals surface area contributed by atoms with Gasteiger partial charge in [0.1, 0.15) is 5.82 Å². The highest BCUT2D eigenvalue weighted by Gasteiger charge is 2.36. The van der Waals surface area contributed by atoms with Crippen LogP contribution in [0.2, 0.25) is 0 Å². The number of pyridine rings is 1. The summed E-state index contributed by atoms with van der Waals surface area (Å²) in [6.45, 7) is 0.250. The molecule has 1 aliphatic rings. The van der Waals surface area contributed by atoms with Gasteiger partial charge in [0.15, 0.2) is 17.2 Å². The Balaban J connectivity index is 1.38. The Bertz CT molecular complexity index is 1700. The Kier molecular flexibility index (Phi) is 5.70. The summed E-state index contributed by atoms with van der Waals surface area (Å²) in [6.07, 6.45) is -3.98. The van der Waals surface area contributed by atoms with Gasteiger partial charge in [-0.05, 0) is 30.9 Å². The van der Waals surface area contributed by atoms with E-state index in [1.54, 1.807) is 28.9 Å². The van der Waals surface area contributed by atoms with E-state index in [1.165, 1.54) is 11.6 Å². The molecular formula is C26H19F6N7. The lowest BCUT2D eigenvalue weighted by Crippen LogP contribution is -2.10. The molecule has 7 nitrogen and oxygen atoms in total. The van der Waals surface area contributed by atoms with Crippen LogP contribution in [0.3, 0.4) is 0 Å². The Labute approximate surface area is 217 Å². The smallest absolute Gasteiger partial charge is 0.333 e. The van der Waals surface area contributed by atoms with Crippen LogP contribution in [0.15, 0.2) is 48.9 Å². The summed E-state index contributed by atoms with van der Waals surface area (Å²) in [7, 11) is 1.49. The van der Waals surface area contributed by atoms with Crippen LogP contribution in [-0.4, -0.2) is 34.3 Å². The maximum absolute atomic E-state index is 13.7. The maximum Gasteiger partial charge on any atom is 0.434 e. The molecular weight excluding hydrogens is 524 g/mol. The van der Waals surface area contributed by atoms with Crippen LogP contribution in [-0.2, 0) is 38.8 Å². The summed E-state index contributed by atoms with van der Waals surface area (Å²) in [5, 5.41) is 5.42. The van der Waals surface area contributed by atoms with Crippen LogP contribution in [0.5, 0.6) is 0 Å². The SMILES string of the molecule is Cn1cc(C(F)(F)F)nc1-c1ccc(Cn2nc3c4c(nc(-c5cnccc5C(F)(F)F)nc42)CCC3)cc1. The molecule has 4 heterocycles. The molecule has 0 unspecified atom stereocenters. The Morgan fingerprint density at radius 2 is 1.62 bits per heavy atom. The van der Waals surface area contributed by atoms with Crippen LogP contribution < -0.4 is 0 Å². The lowest BCUT2D eigenvalue weighted by atomic mass is 10.00. The molecule has 200 valence electrons. The molecule has 0 aliphatic heterocycles. The molecule has 0 amide bonds. The number of aryl methyl sites for hydroxylation is 3. The van der Waals surface area contributed by atoms with Gasteiger partial charge in [-0.25, -0.2) is 19.6 Å². The second-order valence-corrected chi connectivity index (χ2v) is 9.32. The molecule has 0 saturated heterocycles. The second kappa shape index (κ2) is 8.89. The van der Waals surface area contributed by atoms with E-state index in [-0.39, 0.29) is 23.8 Å². The van der Waals surface area contributed by atoms with Crippen LogP contribution in [0.1, 0.15) is 34.6 Å². The first kappa shape index (κ1) is 25.0. The molecule has 39 heavy (non-hydrogen) atoms. The number of halogens is 6. The lowest BCUT2D eigenvalue weighted by Gasteiger charge is -2.14. The molecule has 1 aliphatic carbocycles. The van der Waals surface area contributed by atoms with Crippen molar-refractivity contribution in [1.82, 2.24) is 34.3 Å². The fraction of sp³-hybridized carbons (Fsp3) is 0.269. The summed E-state index contributed by atoms with van der Waals surface area (Å²) in [5.41, 5.74) is 1.07. The van der Waals surface area contributed by atoms with Gasteiger partial charge in [-0.3, -0.25) is 4.98 Å². The molecule has 0 spiro atoms. The van der Waals surface area contributed by atoms with E-state index in [4.69, 9.17) is 0 Å². The molecule has 0 bridgehead atoms. The van der Waals surface area contributed by atoms with E-state index in [9.17, 15) is 26.3 Å². The minimum atomic E-state index is -4.60. The number of alkyl halides is 6. The minimum absolute atomic E-state index is 0.0712. The summed E-state index contributed by atoms with van der Waals surface area (Å²) in [5.74, 6) is 0.101. The standard InChI is InChI=1S/C26H19F6N7/c1-38-13-20(26(30,31)32)35-23(38)15-7-5-14(6-8-15)12-39-24-21-18(3-2-4-19(21)37-39)34-22(36-24)16-11-33-10-9-17(16)25(27,28)29/h5-11,13H,2-4,12H2,1H3. The van der Waals surface area contributed by atoms with Gasteiger partial charge >= 0.3 is 12.4 Å². The zero-order valence-corrected chi connectivity index (χ0v) is 20.3. The first-order valence-electron chi connectivity index (χ1n) is 12.0. The summed E-state index contributed by atoms with van der Waals surface area (Å²) >= 11 is 0. The highest BCUT2D eigenvalue weighted by Crippen LogP contribution is 2.37. The quantitative estimate of drug-likeness (QED) is 0.266. The first-order chi connectivity index (χ1) is 18.5. The first-order valence-corrected chi connectivity index (χ1v) is 12.0. The molecule has 0 N–H and O–H groups in total. The van der Waals surface area contributed by atoms with Crippen molar-refractivity contribution in [3.8, 4) is 22.8 Å². The number of aromatic nitrogens is 7. The third-order valence-corrected chi connectivity index (χ3v) is 6.65. The fourth-order valence-corrected chi connectivity index (χ4v) is 4.85. The maximum atomic E-state index is 13.7. The molecule has 0 fully saturated rings. The van der Waals surface area contributed by atoms with Gasteiger partial charge < -0.3 is 4.57 Å². The van der Waals surface area contributed by atoms with Gasteiger partial charge in [0.05, 0.1) is 28.9 Å². The third-order valence-electron chi connectivity index (χ3n) is 6.65. The molecule has 1 aromatic carbocycles. The van der Waals surface area contributed by atoms with E-state index >= 15 is 0 Å². The summed E-state index contributed by atoms with van der Waals surface area (Å²) in [4.78, 5) is 16.6. The number of benzene rings is 1. The zero-order chi connectivity index (χ0) is 27.5. The molecule has 0 atom stereocenters. The van der Waals surface area contributed by atoms with Crippen molar-refractivity contribution in [3.05, 3.63) is 77.1 Å². The predicted octanol–water partition coefficient (Wildman–Crippen LogP) is 5.86. The van der Waals surface area contributed by atoms with E-state index in [0.717, 1.165) is 47.7 Å². The number of rotatable bonds is 4. The summed E-state index contributed by atoms with van der Waals surface area (Å²) < 4.78 is 83.2. The number of hydrogen-bond acceptors (Lipinski definition) is 5.